The molecule has 0 spiro atoms. The van der Waals surface area contributed by atoms with E-state index in [-0.39, 0.29) is 11.8 Å². The van der Waals surface area contributed by atoms with Gasteiger partial charge in [-0.15, -0.1) is 0 Å². The Hall–Kier alpha value is -0.530. The van der Waals surface area contributed by atoms with Gasteiger partial charge in [-0.25, -0.2) is 0 Å². The second-order valence-corrected chi connectivity index (χ2v) is 2.95. The van der Waals surface area contributed by atoms with Crippen LogP contribution in [0.1, 0.15) is 39.0 Å². The van der Waals surface area contributed by atoms with E-state index >= 15 is 0 Å². The van der Waals surface area contributed by atoms with Gasteiger partial charge in [0, 0.05) is 5.92 Å². The zero-order chi connectivity index (χ0) is 8.69. The summed E-state index contributed by atoms with van der Waals surface area (Å²) in [6.07, 6.45) is 5.57. The molecule has 2 heteroatoms. The summed E-state index contributed by atoms with van der Waals surface area (Å²) in [7, 11) is 0. The van der Waals surface area contributed by atoms with Gasteiger partial charge in [0.2, 0.25) is 5.91 Å². The number of hydrogen-bond donors (Lipinski definition) is 1. The molecule has 2 N–H and O–H groups in total. The van der Waals surface area contributed by atoms with Crippen molar-refractivity contribution >= 4 is 5.91 Å². The SMILES string of the molecule is [CH2]C(CCCCCC)C(N)=O. The molecule has 0 saturated heterocycles. The Kier molecular flexibility index (Phi) is 5.90. The zero-order valence-corrected chi connectivity index (χ0v) is 7.31. The minimum atomic E-state index is -0.276. The number of primary amides is 1. The fraction of sp³-hybridized carbons (Fsp3) is 0.778. The molecule has 0 aromatic carbocycles. The summed E-state index contributed by atoms with van der Waals surface area (Å²) in [4.78, 5) is 10.5. The summed E-state index contributed by atoms with van der Waals surface area (Å²) in [6.45, 7) is 5.82. The number of unbranched alkanes of at least 4 members (excludes halogenated alkanes) is 3. The molecule has 2 nitrogen and oxygen atoms in total. The minimum absolute atomic E-state index is 0.188. The number of carbonyl (C=O) groups is 1. The standard InChI is InChI=1S/C9H18NO/c1-3-4-5-6-7-8(2)9(10)11/h8H,2-7H2,1H3,(H2,10,11). The molecule has 65 valence electrons. The van der Waals surface area contributed by atoms with E-state index in [1.54, 1.807) is 0 Å². The lowest BCUT2D eigenvalue weighted by Crippen LogP contribution is -2.20. The molecule has 0 aromatic rings. The first kappa shape index (κ1) is 10.5. The van der Waals surface area contributed by atoms with Crippen LogP contribution in [0.2, 0.25) is 0 Å². The lowest BCUT2D eigenvalue weighted by molar-refractivity contribution is -0.120. The number of nitrogens with two attached hydrogens (primary N) is 1. The van der Waals surface area contributed by atoms with E-state index < -0.39 is 0 Å². The molecule has 0 saturated carbocycles. The molecule has 0 aromatic heterocycles. The highest BCUT2D eigenvalue weighted by molar-refractivity contribution is 5.77. The molecule has 0 aliphatic heterocycles. The number of carbonyl (C=O) groups excluding carboxylic acids is 1. The van der Waals surface area contributed by atoms with E-state index in [4.69, 9.17) is 5.73 Å². The van der Waals surface area contributed by atoms with E-state index in [0.717, 1.165) is 12.8 Å². The molecule has 0 bridgehead atoms. The molecule has 11 heavy (non-hydrogen) atoms. The maximum Gasteiger partial charge on any atom is 0.220 e. The third-order valence-corrected chi connectivity index (χ3v) is 1.81. The van der Waals surface area contributed by atoms with Crippen molar-refractivity contribution in [1.82, 2.24) is 0 Å². The Morgan fingerprint density at radius 2 is 2.09 bits per heavy atom. The first-order valence-electron chi connectivity index (χ1n) is 4.31. The lowest BCUT2D eigenvalue weighted by atomic mass is 10.0. The number of amides is 1. The fourth-order valence-electron chi connectivity index (χ4n) is 0.960. The minimum Gasteiger partial charge on any atom is -0.369 e. The van der Waals surface area contributed by atoms with Crippen LogP contribution in [-0.2, 0) is 4.79 Å². The van der Waals surface area contributed by atoms with Crippen molar-refractivity contribution in [1.29, 1.82) is 0 Å². The van der Waals surface area contributed by atoms with Gasteiger partial charge in [0.15, 0.2) is 0 Å². The number of rotatable bonds is 6. The highest BCUT2D eigenvalue weighted by atomic mass is 16.1. The largest absolute Gasteiger partial charge is 0.369 e. The highest BCUT2D eigenvalue weighted by Crippen LogP contribution is 2.08. The third kappa shape index (κ3) is 5.89. The maximum atomic E-state index is 10.5. The van der Waals surface area contributed by atoms with Crippen molar-refractivity contribution < 1.29 is 4.79 Å². The van der Waals surface area contributed by atoms with Crippen molar-refractivity contribution in [3.05, 3.63) is 6.92 Å². The molecular formula is C9H18NO. The van der Waals surface area contributed by atoms with Crippen LogP contribution in [0.4, 0.5) is 0 Å². The molecule has 1 unspecified atom stereocenters. The summed E-state index contributed by atoms with van der Waals surface area (Å²) < 4.78 is 0. The Morgan fingerprint density at radius 1 is 1.45 bits per heavy atom. The van der Waals surface area contributed by atoms with Crippen LogP contribution in [0.15, 0.2) is 0 Å². The summed E-state index contributed by atoms with van der Waals surface area (Å²) in [5, 5.41) is 0. The molecule has 1 atom stereocenters. The predicted molar refractivity (Wildman–Crippen MR) is 46.8 cm³/mol. The zero-order valence-electron chi connectivity index (χ0n) is 7.31. The molecular weight excluding hydrogens is 138 g/mol. The van der Waals surface area contributed by atoms with Crippen molar-refractivity contribution in [2.45, 2.75) is 39.0 Å². The number of hydrogen-bond acceptors (Lipinski definition) is 1. The van der Waals surface area contributed by atoms with Gasteiger partial charge in [-0.2, -0.15) is 0 Å². The molecule has 0 aliphatic carbocycles. The van der Waals surface area contributed by atoms with E-state index in [1.807, 2.05) is 0 Å². The Labute approximate surface area is 69.2 Å². The molecule has 0 aliphatic rings. The lowest BCUT2D eigenvalue weighted by Gasteiger charge is -2.04. The van der Waals surface area contributed by atoms with Gasteiger partial charge in [0.25, 0.3) is 0 Å². The van der Waals surface area contributed by atoms with Gasteiger partial charge < -0.3 is 5.73 Å². The van der Waals surface area contributed by atoms with Gasteiger partial charge in [0.05, 0.1) is 0 Å². The van der Waals surface area contributed by atoms with Crippen molar-refractivity contribution in [2.75, 3.05) is 0 Å². The van der Waals surface area contributed by atoms with E-state index in [2.05, 4.69) is 13.8 Å². The van der Waals surface area contributed by atoms with Crippen molar-refractivity contribution in [3.8, 4) is 0 Å². The Balaban J connectivity index is 3.17. The van der Waals surface area contributed by atoms with Crippen molar-refractivity contribution in [3.63, 3.8) is 0 Å². The van der Waals surface area contributed by atoms with Gasteiger partial charge in [-0.05, 0) is 13.3 Å². The Bertz CT molecular complexity index is 112. The van der Waals surface area contributed by atoms with Crippen LogP contribution >= 0.6 is 0 Å². The summed E-state index contributed by atoms with van der Waals surface area (Å²) >= 11 is 0. The van der Waals surface area contributed by atoms with Crippen LogP contribution in [-0.4, -0.2) is 5.91 Å². The summed E-state index contributed by atoms with van der Waals surface area (Å²) in [5.41, 5.74) is 5.05. The van der Waals surface area contributed by atoms with Crippen LogP contribution in [0, 0.1) is 12.8 Å². The van der Waals surface area contributed by atoms with Gasteiger partial charge in [-0.1, -0.05) is 32.6 Å². The Morgan fingerprint density at radius 3 is 2.55 bits per heavy atom. The monoisotopic (exact) mass is 156 g/mol. The first-order valence-corrected chi connectivity index (χ1v) is 4.31. The molecule has 1 amide bonds. The summed E-state index contributed by atoms with van der Waals surface area (Å²) in [6, 6.07) is 0. The highest BCUT2D eigenvalue weighted by Gasteiger charge is 2.06. The third-order valence-electron chi connectivity index (χ3n) is 1.81. The molecule has 0 rings (SSSR count). The smallest absolute Gasteiger partial charge is 0.220 e. The van der Waals surface area contributed by atoms with Crippen LogP contribution in [0.3, 0.4) is 0 Å². The predicted octanol–water partition coefficient (Wildman–Crippen LogP) is 1.89. The average Bonchev–Trinajstić information content (AvgIpc) is 1.97. The first-order chi connectivity index (χ1) is 5.18. The van der Waals surface area contributed by atoms with Crippen LogP contribution < -0.4 is 5.73 Å². The van der Waals surface area contributed by atoms with E-state index in [1.165, 1.54) is 19.3 Å². The van der Waals surface area contributed by atoms with E-state index in [0.29, 0.717) is 0 Å². The fourth-order valence-corrected chi connectivity index (χ4v) is 0.960. The second-order valence-electron chi connectivity index (χ2n) is 2.95. The van der Waals surface area contributed by atoms with Crippen LogP contribution in [0.5, 0.6) is 0 Å². The normalized spacial score (nSPS) is 12.9. The van der Waals surface area contributed by atoms with Gasteiger partial charge >= 0.3 is 0 Å². The van der Waals surface area contributed by atoms with E-state index in [9.17, 15) is 4.79 Å². The van der Waals surface area contributed by atoms with Gasteiger partial charge in [-0.3, -0.25) is 4.79 Å². The quantitative estimate of drug-likeness (QED) is 0.586. The van der Waals surface area contributed by atoms with Gasteiger partial charge in [0.1, 0.15) is 0 Å². The maximum absolute atomic E-state index is 10.5. The van der Waals surface area contributed by atoms with Crippen LogP contribution in [0.25, 0.3) is 0 Å². The molecule has 1 radical (unpaired) electrons. The molecule has 0 fully saturated rings. The second kappa shape index (κ2) is 6.20. The topological polar surface area (TPSA) is 43.1 Å². The molecule has 0 heterocycles. The summed E-state index contributed by atoms with van der Waals surface area (Å²) in [5.74, 6) is -0.464. The van der Waals surface area contributed by atoms with Crippen molar-refractivity contribution in [2.24, 2.45) is 11.7 Å². The average molecular weight is 156 g/mol.